The molecule has 0 amide bonds. The summed E-state index contributed by atoms with van der Waals surface area (Å²) in [7, 11) is -2.36. The van der Waals surface area contributed by atoms with Crippen molar-refractivity contribution in [2.75, 3.05) is 39.8 Å². The highest BCUT2D eigenvalue weighted by atomic mass is 32.2. The predicted octanol–water partition coefficient (Wildman–Crippen LogP) is 3.45. The van der Waals surface area contributed by atoms with Gasteiger partial charge >= 0.3 is 6.18 Å². The monoisotopic (exact) mass is 460 g/mol. The van der Waals surface area contributed by atoms with E-state index in [1.165, 1.54) is 11.4 Å². The summed E-state index contributed by atoms with van der Waals surface area (Å²) in [5.41, 5.74) is -0.869. The van der Waals surface area contributed by atoms with Gasteiger partial charge in [-0.25, -0.2) is 12.7 Å². The number of hydrogen-bond acceptors (Lipinski definition) is 4. The van der Waals surface area contributed by atoms with Crippen molar-refractivity contribution >= 4 is 10.0 Å². The van der Waals surface area contributed by atoms with Crippen molar-refractivity contribution in [3.63, 3.8) is 0 Å². The summed E-state index contributed by atoms with van der Waals surface area (Å²) in [6.45, 7) is 4.55. The molecule has 1 N–H and O–H groups in total. The Bertz CT molecular complexity index is 853. The molecule has 1 aliphatic rings. The summed E-state index contributed by atoms with van der Waals surface area (Å²) >= 11 is 0. The topological polar surface area (TPSA) is 60.9 Å². The quantitative estimate of drug-likeness (QED) is 0.604. The van der Waals surface area contributed by atoms with E-state index in [1.54, 1.807) is 0 Å². The average Bonchev–Trinajstić information content (AvgIpc) is 2.73. The van der Waals surface area contributed by atoms with Crippen molar-refractivity contribution in [3.8, 4) is 11.8 Å². The molecule has 0 bridgehead atoms. The zero-order chi connectivity index (χ0) is 23.1. The van der Waals surface area contributed by atoms with Crippen LogP contribution in [0.15, 0.2) is 29.2 Å². The Labute approximate surface area is 183 Å². The fourth-order valence-corrected chi connectivity index (χ4v) is 4.99. The van der Waals surface area contributed by atoms with Crippen LogP contribution in [0, 0.1) is 23.7 Å². The van der Waals surface area contributed by atoms with E-state index in [1.807, 2.05) is 6.92 Å². The maximum absolute atomic E-state index is 12.7. The van der Waals surface area contributed by atoms with Crippen molar-refractivity contribution < 1.29 is 26.7 Å². The lowest BCUT2D eigenvalue weighted by Crippen LogP contribution is -2.33. The van der Waals surface area contributed by atoms with Crippen LogP contribution < -0.4 is 0 Å². The Morgan fingerprint density at radius 1 is 1.13 bits per heavy atom. The second-order valence-electron chi connectivity index (χ2n) is 7.94. The smallest absolute Gasteiger partial charge is 0.395 e. The molecule has 0 atom stereocenters. The third-order valence-electron chi connectivity index (χ3n) is 5.72. The molecule has 31 heavy (non-hydrogen) atoms. The van der Waals surface area contributed by atoms with Gasteiger partial charge in [0.25, 0.3) is 0 Å². The molecule has 174 valence electrons. The van der Waals surface area contributed by atoms with E-state index < -0.39 is 21.8 Å². The maximum Gasteiger partial charge on any atom is 0.416 e. The molecular weight excluding hydrogens is 429 g/mol. The van der Waals surface area contributed by atoms with Crippen LogP contribution >= 0.6 is 0 Å². The Morgan fingerprint density at radius 2 is 1.74 bits per heavy atom. The number of aliphatic hydroxyl groups excluding tert-OH is 1. The molecule has 5 nitrogen and oxygen atoms in total. The first-order valence-corrected chi connectivity index (χ1v) is 12.0. The minimum Gasteiger partial charge on any atom is -0.395 e. The average molecular weight is 461 g/mol. The maximum atomic E-state index is 12.7. The molecule has 1 aromatic carbocycles. The zero-order valence-corrected chi connectivity index (χ0v) is 18.8. The number of rotatable bonds is 8. The van der Waals surface area contributed by atoms with Gasteiger partial charge in [-0.3, -0.25) is 4.90 Å². The zero-order valence-electron chi connectivity index (χ0n) is 18.0. The largest absolute Gasteiger partial charge is 0.416 e. The van der Waals surface area contributed by atoms with Crippen LogP contribution in [0.25, 0.3) is 0 Å². The van der Waals surface area contributed by atoms with Gasteiger partial charge in [0.2, 0.25) is 10.0 Å². The number of likely N-dealkylation sites (N-methyl/N-ethyl adjacent to an activating group) is 1. The van der Waals surface area contributed by atoms with E-state index in [2.05, 4.69) is 16.7 Å². The number of alkyl halides is 3. The molecule has 9 heteroatoms. The van der Waals surface area contributed by atoms with Crippen molar-refractivity contribution in [1.82, 2.24) is 9.21 Å². The van der Waals surface area contributed by atoms with Gasteiger partial charge in [-0.2, -0.15) is 13.2 Å². The summed E-state index contributed by atoms with van der Waals surface area (Å²) in [5, 5.41) is 9.01. The van der Waals surface area contributed by atoms with Crippen molar-refractivity contribution in [2.24, 2.45) is 11.8 Å². The number of benzene rings is 1. The first kappa shape index (κ1) is 25.7. The molecule has 1 aromatic rings. The van der Waals surface area contributed by atoms with Crippen molar-refractivity contribution in [1.29, 1.82) is 0 Å². The minimum atomic E-state index is -4.50. The summed E-state index contributed by atoms with van der Waals surface area (Å²) in [4.78, 5) is 1.94. The van der Waals surface area contributed by atoms with Crippen LogP contribution in [0.1, 0.15) is 38.2 Å². The Balaban J connectivity index is 1.87. The molecule has 0 radical (unpaired) electrons. The minimum absolute atomic E-state index is 0.115. The van der Waals surface area contributed by atoms with Crippen LogP contribution in [0.3, 0.4) is 0 Å². The van der Waals surface area contributed by atoms with E-state index >= 15 is 0 Å². The molecule has 0 aromatic heterocycles. The third kappa shape index (κ3) is 7.49. The number of aliphatic hydroxyl groups is 1. The first-order valence-electron chi connectivity index (χ1n) is 10.5. The van der Waals surface area contributed by atoms with Gasteiger partial charge in [0.1, 0.15) is 0 Å². The van der Waals surface area contributed by atoms with Gasteiger partial charge < -0.3 is 5.11 Å². The van der Waals surface area contributed by atoms with Gasteiger partial charge in [0.05, 0.1) is 23.6 Å². The highest BCUT2D eigenvalue weighted by Gasteiger charge is 2.31. The molecule has 1 fully saturated rings. The number of halogens is 3. The highest BCUT2D eigenvalue weighted by Crippen LogP contribution is 2.32. The lowest BCUT2D eigenvalue weighted by molar-refractivity contribution is -0.137. The number of nitrogens with zero attached hydrogens (tertiary/aromatic N) is 2. The highest BCUT2D eigenvalue weighted by molar-refractivity contribution is 7.89. The Hall–Kier alpha value is -1.60. The normalized spacial score (nSPS) is 20.0. The molecule has 0 aliphatic heterocycles. The number of hydrogen-bond donors (Lipinski definition) is 1. The van der Waals surface area contributed by atoms with E-state index in [-0.39, 0.29) is 17.4 Å². The summed E-state index contributed by atoms with van der Waals surface area (Å²) in [5.74, 6) is 6.98. The standard InChI is InChI=1S/C22H31F3N2O3S/c1-3-27(15-16-28)14-4-5-18-6-8-19(9-7-18)17-26(2)31(29,30)21-12-10-20(11-13-21)22(23,24)25/h10-13,18-19,28H,3,6-9,14-17H2,1-2H3/t18-,19-. The van der Waals surface area contributed by atoms with Crippen LogP contribution in [-0.4, -0.2) is 62.6 Å². The molecular formula is C22H31F3N2O3S. The van der Waals surface area contributed by atoms with Gasteiger partial charge in [0, 0.05) is 26.1 Å². The molecule has 2 rings (SSSR count). The van der Waals surface area contributed by atoms with Crippen molar-refractivity contribution in [3.05, 3.63) is 29.8 Å². The van der Waals surface area contributed by atoms with Gasteiger partial charge in [-0.15, -0.1) is 0 Å². The second-order valence-corrected chi connectivity index (χ2v) is 9.98. The van der Waals surface area contributed by atoms with E-state index in [0.29, 0.717) is 25.6 Å². The first-order chi connectivity index (χ1) is 14.6. The number of sulfonamides is 1. The molecule has 0 saturated heterocycles. The molecule has 0 unspecified atom stereocenters. The van der Waals surface area contributed by atoms with Gasteiger partial charge in [0.15, 0.2) is 0 Å². The molecule has 1 saturated carbocycles. The lowest BCUT2D eigenvalue weighted by Gasteiger charge is -2.29. The van der Waals surface area contributed by atoms with E-state index in [4.69, 9.17) is 5.11 Å². The molecule has 1 aliphatic carbocycles. The van der Waals surface area contributed by atoms with Crippen LogP contribution in [0.5, 0.6) is 0 Å². The van der Waals surface area contributed by atoms with Crippen LogP contribution in [0.2, 0.25) is 0 Å². The summed E-state index contributed by atoms with van der Waals surface area (Å²) in [6, 6.07) is 3.62. The predicted molar refractivity (Wildman–Crippen MR) is 114 cm³/mol. The summed E-state index contributed by atoms with van der Waals surface area (Å²) < 4.78 is 64.8. The van der Waals surface area contributed by atoms with Crippen LogP contribution in [0.4, 0.5) is 13.2 Å². The third-order valence-corrected chi connectivity index (χ3v) is 7.56. The van der Waals surface area contributed by atoms with Gasteiger partial charge in [-0.05, 0) is 62.4 Å². The Kier molecular flexibility index (Phi) is 9.37. The fourth-order valence-electron chi connectivity index (χ4n) is 3.74. The van der Waals surface area contributed by atoms with Crippen molar-refractivity contribution in [2.45, 2.75) is 43.7 Å². The van der Waals surface area contributed by atoms with Crippen LogP contribution in [-0.2, 0) is 16.2 Å². The van der Waals surface area contributed by atoms with E-state index in [9.17, 15) is 21.6 Å². The summed E-state index contributed by atoms with van der Waals surface area (Å²) in [6.07, 6.45) is -0.972. The SMILES string of the molecule is CCN(CC#C[C@H]1CC[C@H](CN(C)S(=O)(=O)c2ccc(C(F)(F)F)cc2)CC1)CCO. The molecule has 0 spiro atoms. The lowest BCUT2D eigenvalue weighted by atomic mass is 9.82. The molecule has 0 heterocycles. The fraction of sp³-hybridized carbons (Fsp3) is 0.636. The van der Waals surface area contributed by atoms with Gasteiger partial charge in [-0.1, -0.05) is 18.8 Å². The van der Waals surface area contributed by atoms with E-state index in [0.717, 1.165) is 56.5 Å². The second kappa shape index (κ2) is 11.3. The Morgan fingerprint density at radius 3 is 2.26 bits per heavy atom.